The molecular formula is C15H15O3. The highest BCUT2D eigenvalue weighted by molar-refractivity contribution is 5.50. The van der Waals surface area contributed by atoms with Gasteiger partial charge in [0.1, 0.15) is 6.61 Å². The highest BCUT2D eigenvalue weighted by atomic mass is 16.5. The van der Waals surface area contributed by atoms with Gasteiger partial charge in [-0.05, 0) is 23.8 Å². The zero-order valence-corrected chi connectivity index (χ0v) is 10.5. The van der Waals surface area contributed by atoms with E-state index in [0.717, 1.165) is 5.56 Å². The van der Waals surface area contributed by atoms with Crippen molar-refractivity contribution in [2.75, 3.05) is 14.2 Å². The molecule has 0 heterocycles. The molecule has 0 fully saturated rings. The van der Waals surface area contributed by atoms with Crippen LogP contribution >= 0.6 is 0 Å². The minimum atomic E-state index is 0.484. The SMILES string of the molecule is COc1c[c]cc(OCc2ccccc2)c1OC. The van der Waals surface area contributed by atoms with Crippen LogP contribution in [0.1, 0.15) is 5.56 Å². The molecule has 0 bridgehead atoms. The smallest absolute Gasteiger partial charge is 0.203 e. The van der Waals surface area contributed by atoms with Gasteiger partial charge < -0.3 is 14.2 Å². The summed E-state index contributed by atoms with van der Waals surface area (Å²) in [5, 5.41) is 0. The molecule has 0 aliphatic rings. The first kappa shape index (κ1) is 12.3. The van der Waals surface area contributed by atoms with Gasteiger partial charge in [-0.15, -0.1) is 0 Å². The molecule has 18 heavy (non-hydrogen) atoms. The van der Waals surface area contributed by atoms with Crippen LogP contribution < -0.4 is 14.2 Å². The van der Waals surface area contributed by atoms with Crippen molar-refractivity contribution in [2.24, 2.45) is 0 Å². The molecule has 0 amide bonds. The molecule has 0 aliphatic carbocycles. The van der Waals surface area contributed by atoms with Crippen molar-refractivity contribution in [2.45, 2.75) is 6.61 Å². The van der Waals surface area contributed by atoms with Gasteiger partial charge in [0.15, 0.2) is 11.5 Å². The van der Waals surface area contributed by atoms with Gasteiger partial charge in [-0.2, -0.15) is 0 Å². The molecule has 2 rings (SSSR count). The van der Waals surface area contributed by atoms with E-state index in [0.29, 0.717) is 23.9 Å². The molecule has 0 unspecified atom stereocenters. The van der Waals surface area contributed by atoms with Gasteiger partial charge in [-0.3, -0.25) is 0 Å². The van der Waals surface area contributed by atoms with Crippen LogP contribution in [0.25, 0.3) is 0 Å². The van der Waals surface area contributed by atoms with Crippen LogP contribution in [0.2, 0.25) is 0 Å². The summed E-state index contributed by atoms with van der Waals surface area (Å²) in [6.07, 6.45) is 0. The van der Waals surface area contributed by atoms with Crippen LogP contribution in [0.4, 0.5) is 0 Å². The Bertz CT molecular complexity index is 494. The standard InChI is InChI=1S/C15H15O3/c1-16-13-9-6-10-14(15(13)17-2)18-11-12-7-4-3-5-8-12/h3-5,7-10H,11H2,1-2H3. The summed E-state index contributed by atoms with van der Waals surface area (Å²) < 4.78 is 16.2. The first-order valence-electron chi connectivity index (χ1n) is 5.64. The topological polar surface area (TPSA) is 27.7 Å². The van der Waals surface area contributed by atoms with E-state index in [1.165, 1.54) is 0 Å². The molecule has 2 aromatic rings. The van der Waals surface area contributed by atoms with Crippen molar-refractivity contribution in [1.82, 2.24) is 0 Å². The molecule has 0 N–H and O–H groups in total. The van der Waals surface area contributed by atoms with Crippen molar-refractivity contribution < 1.29 is 14.2 Å². The van der Waals surface area contributed by atoms with Gasteiger partial charge in [0, 0.05) is 0 Å². The summed E-state index contributed by atoms with van der Waals surface area (Å²) in [6.45, 7) is 0.484. The Morgan fingerprint density at radius 1 is 0.944 bits per heavy atom. The van der Waals surface area contributed by atoms with Gasteiger partial charge in [0.2, 0.25) is 5.75 Å². The zero-order chi connectivity index (χ0) is 12.8. The van der Waals surface area contributed by atoms with E-state index in [1.807, 2.05) is 30.3 Å². The van der Waals surface area contributed by atoms with Crippen molar-refractivity contribution in [3.8, 4) is 17.2 Å². The third-order valence-corrected chi connectivity index (χ3v) is 2.54. The van der Waals surface area contributed by atoms with Crippen LogP contribution in [-0.4, -0.2) is 14.2 Å². The fraction of sp³-hybridized carbons (Fsp3) is 0.200. The summed E-state index contributed by atoms with van der Waals surface area (Å²) in [5.74, 6) is 1.83. The predicted molar refractivity (Wildman–Crippen MR) is 69.2 cm³/mol. The Balaban J connectivity index is 2.14. The molecule has 93 valence electrons. The van der Waals surface area contributed by atoms with E-state index < -0.39 is 0 Å². The summed E-state index contributed by atoms with van der Waals surface area (Å²) >= 11 is 0. The second-order valence-electron chi connectivity index (χ2n) is 3.70. The van der Waals surface area contributed by atoms with Gasteiger partial charge in [0.25, 0.3) is 0 Å². The largest absolute Gasteiger partial charge is 0.493 e. The third kappa shape index (κ3) is 2.74. The number of methoxy groups -OCH3 is 2. The number of benzene rings is 2. The lowest BCUT2D eigenvalue weighted by atomic mass is 10.2. The van der Waals surface area contributed by atoms with E-state index in [1.54, 1.807) is 26.4 Å². The average Bonchev–Trinajstić information content (AvgIpc) is 2.45. The lowest BCUT2D eigenvalue weighted by Crippen LogP contribution is -1.99. The lowest BCUT2D eigenvalue weighted by molar-refractivity contribution is 0.275. The van der Waals surface area contributed by atoms with E-state index >= 15 is 0 Å². The number of ether oxygens (including phenoxy) is 3. The van der Waals surface area contributed by atoms with Crippen molar-refractivity contribution in [3.63, 3.8) is 0 Å². The Labute approximate surface area is 107 Å². The molecule has 0 aromatic heterocycles. The van der Waals surface area contributed by atoms with Gasteiger partial charge in [0.05, 0.1) is 14.2 Å². The zero-order valence-electron chi connectivity index (χ0n) is 10.5. The molecule has 3 heteroatoms. The van der Waals surface area contributed by atoms with E-state index in [-0.39, 0.29) is 0 Å². The monoisotopic (exact) mass is 243 g/mol. The van der Waals surface area contributed by atoms with Crippen LogP contribution in [0, 0.1) is 6.07 Å². The van der Waals surface area contributed by atoms with Crippen LogP contribution in [0.3, 0.4) is 0 Å². The van der Waals surface area contributed by atoms with Gasteiger partial charge >= 0.3 is 0 Å². The fourth-order valence-electron chi connectivity index (χ4n) is 1.64. The van der Waals surface area contributed by atoms with E-state index in [2.05, 4.69) is 6.07 Å². The van der Waals surface area contributed by atoms with Crippen molar-refractivity contribution in [3.05, 3.63) is 54.1 Å². The minimum Gasteiger partial charge on any atom is -0.493 e. The maximum absolute atomic E-state index is 5.72. The number of hydrogen-bond acceptors (Lipinski definition) is 3. The molecule has 0 saturated heterocycles. The minimum absolute atomic E-state index is 0.484. The summed E-state index contributed by atoms with van der Waals surface area (Å²) in [7, 11) is 3.18. The first-order chi connectivity index (χ1) is 8.85. The Morgan fingerprint density at radius 3 is 2.33 bits per heavy atom. The second-order valence-corrected chi connectivity index (χ2v) is 3.70. The summed E-state index contributed by atoms with van der Waals surface area (Å²) in [6, 6.07) is 16.4. The Hall–Kier alpha value is -2.16. The normalized spacial score (nSPS) is 9.89. The second kappa shape index (κ2) is 5.96. The van der Waals surface area contributed by atoms with Crippen LogP contribution in [0.5, 0.6) is 17.2 Å². The van der Waals surface area contributed by atoms with Crippen LogP contribution in [0.15, 0.2) is 42.5 Å². The van der Waals surface area contributed by atoms with Crippen molar-refractivity contribution >= 4 is 0 Å². The molecule has 0 atom stereocenters. The molecule has 0 saturated carbocycles. The molecular weight excluding hydrogens is 228 g/mol. The first-order valence-corrected chi connectivity index (χ1v) is 5.64. The van der Waals surface area contributed by atoms with Crippen molar-refractivity contribution in [1.29, 1.82) is 0 Å². The Morgan fingerprint density at radius 2 is 1.67 bits per heavy atom. The third-order valence-electron chi connectivity index (χ3n) is 2.54. The summed E-state index contributed by atoms with van der Waals surface area (Å²) in [4.78, 5) is 0. The molecule has 2 aromatic carbocycles. The lowest BCUT2D eigenvalue weighted by Gasteiger charge is -2.13. The fourth-order valence-corrected chi connectivity index (χ4v) is 1.64. The number of hydrogen-bond donors (Lipinski definition) is 0. The van der Waals surface area contributed by atoms with Gasteiger partial charge in [-0.25, -0.2) is 0 Å². The molecule has 3 nitrogen and oxygen atoms in total. The Kier molecular flexibility index (Phi) is 4.07. The van der Waals surface area contributed by atoms with Gasteiger partial charge in [-0.1, -0.05) is 30.3 Å². The number of rotatable bonds is 5. The van der Waals surface area contributed by atoms with E-state index in [4.69, 9.17) is 14.2 Å². The molecule has 0 spiro atoms. The maximum atomic E-state index is 5.72. The maximum Gasteiger partial charge on any atom is 0.203 e. The summed E-state index contributed by atoms with van der Waals surface area (Å²) in [5.41, 5.74) is 1.10. The average molecular weight is 243 g/mol. The molecule has 1 radical (unpaired) electrons. The van der Waals surface area contributed by atoms with E-state index in [9.17, 15) is 0 Å². The van der Waals surface area contributed by atoms with Crippen LogP contribution in [-0.2, 0) is 6.61 Å². The quantitative estimate of drug-likeness (QED) is 0.807. The highest BCUT2D eigenvalue weighted by Crippen LogP contribution is 2.36. The highest BCUT2D eigenvalue weighted by Gasteiger charge is 2.10. The molecule has 0 aliphatic heterocycles. The predicted octanol–water partition coefficient (Wildman–Crippen LogP) is 3.08.